The number of nitrogens with zero attached hydrogens (tertiary/aromatic N) is 1. The maximum atomic E-state index is 13.9. The summed E-state index contributed by atoms with van der Waals surface area (Å²) in [4.78, 5) is 28.4. The fourth-order valence-electron chi connectivity index (χ4n) is 7.02. The van der Waals surface area contributed by atoms with E-state index in [-0.39, 0.29) is 12.5 Å². The van der Waals surface area contributed by atoms with Crippen LogP contribution in [-0.4, -0.2) is 76.0 Å². The topological polar surface area (TPSA) is 129 Å². The van der Waals surface area contributed by atoms with Crippen LogP contribution in [0.3, 0.4) is 0 Å². The van der Waals surface area contributed by atoms with Crippen LogP contribution in [-0.2, 0) is 20.9 Å². The molecule has 0 saturated carbocycles. The second-order valence-electron chi connectivity index (χ2n) is 14.7. The molecule has 294 valence electrons. The summed E-state index contributed by atoms with van der Waals surface area (Å²) in [5.41, 5.74) is 0.806. The molecule has 0 bridgehead atoms. The van der Waals surface area contributed by atoms with Crippen LogP contribution in [0.2, 0.25) is 0 Å². The smallest absolute Gasteiger partial charge is 0.407 e. The average Bonchev–Trinajstić information content (AvgIpc) is 3.14. The van der Waals surface area contributed by atoms with Crippen LogP contribution in [0.4, 0.5) is 4.79 Å². The van der Waals surface area contributed by atoms with E-state index in [1.807, 2.05) is 30.3 Å². The molecule has 1 fully saturated rings. The van der Waals surface area contributed by atoms with Crippen LogP contribution in [0.5, 0.6) is 0 Å². The lowest BCUT2D eigenvalue weighted by Gasteiger charge is -2.46. The number of carbonyl (C=O) groups excluding carboxylic acids is 2. The number of aliphatic hydroxyl groups is 3. The molecular formula is C42H74N2O7. The Hall–Kier alpha value is -2.20. The number of unbranched alkanes of at least 4 members (excludes halogenated alkanes) is 21. The van der Waals surface area contributed by atoms with Crippen molar-refractivity contribution in [3.63, 3.8) is 0 Å². The van der Waals surface area contributed by atoms with E-state index >= 15 is 0 Å². The van der Waals surface area contributed by atoms with E-state index in [0.717, 1.165) is 50.5 Å². The van der Waals surface area contributed by atoms with Gasteiger partial charge in [0.1, 0.15) is 31.0 Å². The van der Waals surface area contributed by atoms with Crippen molar-refractivity contribution >= 4 is 12.0 Å². The number of hydrogen-bond acceptors (Lipinski definition) is 7. The molecule has 1 aromatic carbocycles. The molecule has 0 aliphatic carbocycles. The van der Waals surface area contributed by atoms with E-state index in [0.29, 0.717) is 13.0 Å². The summed E-state index contributed by atoms with van der Waals surface area (Å²) in [6.45, 7) is 4.39. The van der Waals surface area contributed by atoms with Gasteiger partial charge in [0, 0.05) is 13.0 Å². The Kier molecular flexibility index (Phi) is 25.8. The average molecular weight is 719 g/mol. The van der Waals surface area contributed by atoms with E-state index in [1.165, 1.54) is 103 Å². The molecule has 2 amide bonds. The SMILES string of the molecule is CCCCCCCCCCCCCCCC(=O)N(CCCCCCCCCCCC)[C@@H]1O[C@H](CO)[C@@H](O)[C@H](O)[C@H]1NC(=O)OCc1ccccc1. The zero-order valence-corrected chi connectivity index (χ0v) is 32.3. The first-order chi connectivity index (χ1) is 24.9. The van der Waals surface area contributed by atoms with Crippen LogP contribution in [0, 0.1) is 0 Å². The first-order valence-electron chi connectivity index (χ1n) is 20.8. The summed E-state index contributed by atoms with van der Waals surface area (Å²) in [6.07, 6.45) is 21.9. The molecule has 4 N–H and O–H groups in total. The predicted molar refractivity (Wildman–Crippen MR) is 205 cm³/mol. The van der Waals surface area contributed by atoms with Crippen molar-refractivity contribution in [2.45, 2.75) is 205 Å². The van der Waals surface area contributed by atoms with E-state index in [2.05, 4.69) is 19.2 Å². The number of aliphatic hydroxyl groups excluding tert-OH is 3. The zero-order chi connectivity index (χ0) is 36.9. The van der Waals surface area contributed by atoms with Gasteiger partial charge >= 0.3 is 6.09 Å². The van der Waals surface area contributed by atoms with Gasteiger partial charge in [-0.2, -0.15) is 0 Å². The maximum absolute atomic E-state index is 13.9. The lowest BCUT2D eigenvalue weighted by atomic mass is 9.95. The number of hydrogen-bond donors (Lipinski definition) is 4. The predicted octanol–water partition coefficient (Wildman–Crippen LogP) is 8.95. The largest absolute Gasteiger partial charge is 0.445 e. The van der Waals surface area contributed by atoms with E-state index in [1.54, 1.807) is 4.90 Å². The van der Waals surface area contributed by atoms with Crippen LogP contribution < -0.4 is 5.32 Å². The Labute approximate surface area is 310 Å². The summed E-state index contributed by atoms with van der Waals surface area (Å²) >= 11 is 0. The number of amides is 2. The van der Waals surface area contributed by atoms with Crippen LogP contribution >= 0.6 is 0 Å². The Morgan fingerprint density at radius 2 is 1.16 bits per heavy atom. The molecule has 1 aliphatic heterocycles. The van der Waals surface area contributed by atoms with Gasteiger partial charge in [-0.05, 0) is 18.4 Å². The molecule has 1 heterocycles. The number of benzene rings is 1. The van der Waals surface area contributed by atoms with Crippen LogP contribution in [0.25, 0.3) is 0 Å². The van der Waals surface area contributed by atoms with E-state index < -0.39 is 43.3 Å². The molecule has 0 radical (unpaired) electrons. The molecular weight excluding hydrogens is 644 g/mol. The summed E-state index contributed by atoms with van der Waals surface area (Å²) in [7, 11) is 0. The minimum absolute atomic E-state index is 0.0309. The number of rotatable bonds is 30. The number of alkyl carbamates (subject to hydrolysis) is 1. The molecule has 9 heteroatoms. The van der Waals surface area contributed by atoms with Gasteiger partial charge in [-0.25, -0.2) is 4.79 Å². The van der Waals surface area contributed by atoms with Gasteiger partial charge in [0.2, 0.25) is 5.91 Å². The number of ether oxygens (including phenoxy) is 2. The molecule has 51 heavy (non-hydrogen) atoms. The first-order valence-corrected chi connectivity index (χ1v) is 20.8. The third kappa shape index (κ3) is 19.4. The third-order valence-corrected chi connectivity index (χ3v) is 10.3. The molecule has 0 aromatic heterocycles. The van der Waals surface area contributed by atoms with Crippen molar-refractivity contribution < 1.29 is 34.4 Å². The summed E-state index contributed by atoms with van der Waals surface area (Å²) in [5.74, 6) is -0.108. The third-order valence-electron chi connectivity index (χ3n) is 10.3. The quantitative estimate of drug-likeness (QED) is 0.0585. The second-order valence-corrected chi connectivity index (χ2v) is 14.7. The van der Waals surface area contributed by atoms with Gasteiger partial charge in [-0.1, -0.05) is 179 Å². The lowest BCUT2D eigenvalue weighted by Crippen LogP contribution is -2.68. The standard InChI is InChI=1S/C42H74N2O7/c1-3-5-7-9-11-13-15-16-17-18-20-22-27-31-37(46)44(32-28-23-21-19-14-12-10-8-6-4-2)41-38(40(48)39(47)36(33-45)51-41)43-42(49)50-34-35-29-25-24-26-30-35/h24-26,29-30,36,38-41,45,47-48H,3-23,27-28,31-34H2,1-2H3,(H,43,49)/t36-,38-,39-,40-,41-/m1/s1. The molecule has 2 rings (SSSR count). The lowest BCUT2D eigenvalue weighted by molar-refractivity contribution is -0.230. The summed E-state index contributed by atoms with van der Waals surface area (Å²) in [6, 6.07) is 8.13. The highest BCUT2D eigenvalue weighted by atomic mass is 16.6. The van der Waals surface area contributed by atoms with Gasteiger partial charge in [-0.15, -0.1) is 0 Å². The van der Waals surface area contributed by atoms with Crippen molar-refractivity contribution in [2.24, 2.45) is 0 Å². The molecule has 0 spiro atoms. The summed E-state index contributed by atoms with van der Waals surface area (Å²) in [5, 5.41) is 34.6. The molecule has 1 saturated heterocycles. The summed E-state index contributed by atoms with van der Waals surface area (Å²) < 4.78 is 11.5. The highest BCUT2D eigenvalue weighted by Gasteiger charge is 2.48. The fourth-order valence-corrected chi connectivity index (χ4v) is 7.02. The van der Waals surface area contributed by atoms with Gasteiger partial charge < -0.3 is 35.0 Å². The number of carbonyl (C=O) groups is 2. The Morgan fingerprint density at radius 1 is 0.686 bits per heavy atom. The van der Waals surface area contributed by atoms with Gasteiger partial charge in [0.05, 0.1) is 6.61 Å². The van der Waals surface area contributed by atoms with Crippen molar-refractivity contribution in [3.8, 4) is 0 Å². The molecule has 1 aliphatic rings. The first kappa shape index (κ1) is 45.0. The molecule has 5 atom stereocenters. The number of nitrogens with one attached hydrogen (secondary N) is 1. The highest BCUT2D eigenvalue weighted by Crippen LogP contribution is 2.26. The van der Waals surface area contributed by atoms with Crippen LogP contribution in [0.15, 0.2) is 30.3 Å². The van der Waals surface area contributed by atoms with Crippen molar-refractivity contribution in [3.05, 3.63) is 35.9 Å². The minimum Gasteiger partial charge on any atom is -0.445 e. The van der Waals surface area contributed by atoms with Crippen molar-refractivity contribution in [1.82, 2.24) is 10.2 Å². The Morgan fingerprint density at radius 3 is 1.65 bits per heavy atom. The Balaban J connectivity index is 1.95. The second kappa shape index (κ2) is 29.3. The van der Waals surface area contributed by atoms with Crippen molar-refractivity contribution in [1.29, 1.82) is 0 Å². The van der Waals surface area contributed by atoms with Crippen LogP contribution in [0.1, 0.15) is 174 Å². The molecule has 0 unspecified atom stereocenters. The molecule has 9 nitrogen and oxygen atoms in total. The van der Waals surface area contributed by atoms with Gasteiger partial charge in [0.15, 0.2) is 6.23 Å². The fraction of sp³-hybridized carbons (Fsp3) is 0.810. The zero-order valence-electron chi connectivity index (χ0n) is 32.3. The van der Waals surface area contributed by atoms with Crippen molar-refractivity contribution in [2.75, 3.05) is 13.2 Å². The maximum Gasteiger partial charge on any atom is 0.407 e. The highest BCUT2D eigenvalue weighted by molar-refractivity contribution is 5.76. The van der Waals surface area contributed by atoms with E-state index in [9.17, 15) is 24.9 Å². The normalized spacial score (nSPS) is 20.3. The minimum atomic E-state index is -1.47. The van der Waals surface area contributed by atoms with Gasteiger partial charge in [0.25, 0.3) is 0 Å². The van der Waals surface area contributed by atoms with Gasteiger partial charge in [-0.3, -0.25) is 4.79 Å². The van der Waals surface area contributed by atoms with E-state index in [4.69, 9.17) is 9.47 Å². The monoisotopic (exact) mass is 719 g/mol. The Bertz CT molecular complexity index is 997. The molecule has 1 aromatic rings.